The van der Waals surface area contributed by atoms with E-state index in [1.807, 2.05) is 0 Å². The minimum atomic E-state index is -2.15. The predicted octanol–water partition coefficient (Wildman–Crippen LogP) is -5.39. The van der Waals surface area contributed by atoms with Crippen molar-refractivity contribution in [1.82, 2.24) is 0 Å². The number of ketones is 1. The number of ether oxygens (including phenoxy) is 14. The first kappa shape index (κ1) is 71.3. The van der Waals surface area contributed by atoms with Crippen LogP contribution in [0, 0.1) is 52.3 Å². The molecule has 12 fully saturated rings. The second kappa shape index (κ2) is 27.8. The van der Waals surface area contributed by atoms with Crippen LogP contribution in [-0.4, -0.2) is 317 Å². The molecule has 4 saturated carbocycles. The molecule has 0 aromatic carbocycles. The van der Waals surface area contributed by atoms with Gasteiger partial charge in [-0.25, -0.2) is 0 Å². The maximum Gasteiger partial charge on any atom is 0.187 e. The van der Waals surface area contributed by atoms with E-state index < -0.39 is 222 Å². The average molecular weight is 1340 g/mol. The molecule has 31 nitrogen and oxygen atoms in total. The van der Waals surface area contributed by atoms with E-state index in [0.29, 0.717) is 43.5 Å². The molecule has 31 heteroatoms. The summed E-state index contributed by atoms with van der Waals surface area (Å²) in [5.74, 6) is 1.24. The van der Waals surface area contributed by atoms with E-state index in [1.165, 1.54) is 13.8 Å². The molecule has 0 aromatic heterocycles. The summed E-state index contributed by atoms with van der Waals surface area (Å²) in [6.07, 6.45) is -45.1. The molecule has 93 heavy (non-hydrogen) atoms. The average Bonchev–Trinajstić information content (AvgIpc) is 1.55. The van der Waals surface area contributed by atoms with Crippen molar-refractivity contribution in [3.63, 3.8) is 0 Å². The molecule has 0 unspecified atom stereocenters. The van der Waals surface area contributed by atoms with Gasteiger partial charge >= 0.3 is 0 Å². The van der Waals surface area contributed by atoms with Crippen LogP contribution in [0.1, 0.15) is 99.3 Å². The van der Waals surface area contributed by atoms with E-state index in [9.17, 15) is 86.5 Å². The molecule has 8 saturated heterocycles. The normalized spacial score (nSPS) is 57.5. The topological polar surface area (TPSA) is 470 Å². The van der Waals surface area contributed by atoms with Crippen LogP contribution in [0.25, 0.3) is 0 Å². The molecule has 8 heterocycles. The highest BCUT2D eigenvalue weighted by Gasteiger charge is 2.72. The Kier molecular flexibility index (Phi) is 21.3. The van der Waals surface area contributed by atoms with Gasteiger partial charge in [0.25, 0.3) is 0 Å². The van der Waals surface area contributed by atoms with Crippen LogP contribution < -0.4 is 0 Å². The van der Waals surface area contributed by atoms with Crippen molar-refractivity contribution in [1.29, 1.82) is 0 Å². The van der Waals surface area contributed by atoms with E-state index in [4.69, 9.17) is 66.3 Å². The molecule has 1 spiro atoms. The van der Waals surface area contributed by atoms with Gasteiger partial charge in [0.1, 0.15) is 134 Å². The number of hydrogen-bond acceptors (Lipinski definition) is 31. The zero-order valence-electron chi connectivity index (χ0n) is 53.1. The van der Waals surface area contributed by atoms with Crippen LogP contribution in [0.15, 0.2) is 0 Å². The highest BCUT2D eigenvalue weighted by molar-refractivity contribution is 5.87. The highest BCUT2D eigenvalue weighted by Crippen LogP contribution is 2.70. The molecule has 0 radical (unpaired) electrons. The molecule has 41 atom stereocenters. The summed E-state index contributed by atoms with van der Waals surface area (Å²) in [6.45, 7) is 8.92. The molecule has 4 aliphatic carbocycles. The number of rotatable bonds is 15. The fourth-order valence-corrected chi connectivity index (χ4v) is 18.4. The van der Waals surface area contributed by atoms with Gasteiger partial charge in [-0.1, -0.05) is 27.7 Å². The number of Topliss-reactive ketones (excluding diaryl/α,β-unsaturated/α-hetero) is 1. The van der Waals surface area contributed by atoms with Crippen LogP contribution in [-0.2, 0) is 71.1 Å². The third-order valence-corrected chi connectivity index (χ3v) is 24.0. The van der Waals surface area contributed by atoms with Gasteiger partial charge in [0.2, 0.25) is 0 Å². The number of aliphatic hydroxyl groups excluding tert-OH is 16. The van der Waals surface area contributed by atoms with E-state index in [0.717, 1.165) is 38.5 Å². The van der Waals surface area contributed by atoms with Gasteiger partial charge in [-0.2, -0.15) is 0 Å². The number of hydrogen-bond donors (Lipinski definition) is 16. The Balaban J connectivity index is 0.691. The van der Waals surface area contributed by atoms with Gasteiger partial charge in [0, 0.05) is 30.1 Å². The second-order valence-corrected chi connectivity index (χ2v) is 29.3. The number of carbonyl (C=O) groups is 1. The summed E-state index contributed by atoms with van der Waals surface area (Å²) in [4.78, 5) is 14.8. The first-order valence-corrected chi connectivity index (χ1v) is 33.4. The molecule has 0 aromatic rings. The fraction of sp³-hybridized carbons (Fsp3) is 0.984. The van der Waals surface area contributed by atoms with E-state index in [2.05, 4.69) is 27.7 Å². The third kappa shape index (κ3) is 12.6. The molecule has 8 aliphatic heterocycles. The summed E-state index contributed by atoms with van der Waals surface area (Å²) in [5, 5.41) is 177. The lowest BCUT2D eigenvalue weighted by atomic mass is 9.44. The van der Waals surface area contributed by atoms with Gasteiger partial charge in [-0.3, -0.25) is 4.79 Å². The fourth-order valence-electron chi connectivity index (χ4n) is 18.4. The number of fused-ring (bicyclic) bond motifs is 7. The zero-order valence-corrected chi connectivity index (χ0v) is 53.1. The predicted molar refractivity (Wildman–Crippen MR) is 305 cm³/mol. The van der Waals surface area contributed by atoms with Crippen LogP contribution >= 0.6 is 0 Å². The Morgan fingerprint density at radius 1 is 0.473 bits per heavy atom. The molecule has 0 amide bonds. The Morgan fingerprint density at radius 3 is 1.63 bits per heavy atom. The smallest absolute Gasteiger partial charge is 0.187 e. The van der Waals surface area contributed by atoms with Crippen LogP contribution in [0.5, 0.6) is 0 Å². The summed E-state index contributed by atoms with van der Waals surface area (Å²) >= 11 is 0. The monoisotopic (exact) mass is 1340 g/mol. The molecule has 12 aliphatic rings. The van der Waals surface area contributed by atoms with Crippen molar-refractivity contribution in [3.05, 3.63) is 0 Å². The number of aliphatic hydroxyl groups is 16. The Hall–Kier alpha value is -1.53. The molecular formula is C62H100O31. The standard InChI is InChI=1S/C62H100O31/c1-21-9-12-62(81-19-21)22(2)36-31(93-62)14-29-27-8-7-25-13-26(10-11-60(25,5)28(27)15-35(67)61(29,36)6)84-57-47(78)42(73)50(33(17-64)86-57)89-58-48(79)43(74)51(34(18-65)87-58)90-59-53(92-54-44(75)38(69)30(66)20-80-54)52(39(70)32(16-63)85-59)91-56-46(77)41(72)49(24(4)83-56)88-55-45(76)40(71)37(68)23(3)82-55/h21-34,36-59,63-66,68-79H,7-20H2,1-6H3/t21-,22+,23+,24+,25+,26+,27-,28+,29+,30-,31+,32-,33-,34-,36+,37+,38+,39-,40-,41+,42-,43-,44-,45-,46-,47-,48-,49+,50+,51-,52+,53-,54+,55+,56+,57-,58+,59+,60+,61-,62-/m1/s1. The first-order valence-electron chi connectivity index (χ1n) is 33.4. The van der Waals surface area contributed by atoms with Gasteiger partial charge in [0.15, 0.2) is 43.5 Å². The Labute approximate surface area is 537 Å². The quantitative estimate of drug-likeness (QED) is 0.0681. The van der Waals surface area contributed by atoms with Crippen molar-refractivity contribution in [2.75, 3.05) is 33.0 Å². The van der Waals surface area contributed by atoms with Gasteiger partial charge in [-0.05, 0) is 93.8 Å². The van der Waals surface area contributed by atoms with Crippen LogP contribution in [0.2, 0.25) is 0 Å². The van der Waals surface area contributed by atoms with Crippen molar-refractivity contribution in [2.45, 2.75) is 295 Å². The molecule has 534 valence electrons. The largest absolute Gasteiger partial charge is 0.394 e. The van der Waals surface area contributed by atoms with Crippen molar-refractivity contribution in [3.8, 4) is 0 Å². The lowest BCUT2D eigenvalue weighted by Crippen LogP contribution is -2.69. The lowest BCUT2D eigenvalue weighted by Gasteiger charge is -2.60. The maximum atomic E-state index is 14.8. The van der Waals surface area contributed by atoms with Gasteiger partial charge in [-0.15, -0.1) is 0 Å². The molecule has 16 N–H and O–H groups in total. The summed E-state index contributed by atoms with van der Waals surface area (Å²) in [5.41, 5.74) is -0.669. The van der Waals surface area contributed by atoms with E-state index >= 15 is 0 Å². The zero-order chi connectivity index (χ0) is 66.8. The minimum absolute atomic E-state index is 0.0299. The van der Waals surface area contributed by atoms with Gasteiger partial charge < -0.3 is 148 Å². The number of carbonyl (C=O) groups excluding carboxylic acids is 1. The molecule has 12 rings (SSSR count). The SMILES string of the molecule is C[C@@H]1CC[C@@]2(OC1)O[C@H]1C[C@H]3[C@@H]4CC[C@H]5C[C@@H](O[C@@H]6O[C@H](CO)[C@H](O[C@@H]7O[C@H](CO)[C@@H](O[C@@H]8O[C@H](CO)[C@@H](O)[C@H](O[C@@H]9O[C@@H](C)[C@H](O[C@@H]%10O[C@@H](C)[C@H](O)[C@@H](O)[C@H]%10O)[C@@H](O)[C@H]9O)[C@H]8O[C@@H]8OC[C@@H](O)[C@H](O)[C@H]8O)[C@H](O)[C@H]7O)[C@H](O)[C@H]6O)CC[C@]5(C)[C@H]4CC(=O)[C@]3(C)[C@H]1[C@@H]2C. The van der Waals surface area contributed by atoms with Crippen molar-refractivity contribution < 1.29 is 153 Å². The van der Waals surface area contributed by atoms with Crippen LogP contribution in [0.4, 0.5) is 0 Å². The summed E-state index contributed by atoms with van der Waals surface area (Å²) < 4.78 is 85.0. The first-order chi connectivity index (χ1) is 44.1. The minimum Gasteiger partial charge on any atom is -0.394 e. The second-order valence-electron chi connectivity index (χ2n) is 29.3. The third-order valence-electron chi connectivity index (χ3n) is 24.0. The lowest BCUT2D eigenvalue weighted by molar-refractivity contribution is -0.408. The van der Waals surface area contributed by atoms with Crippen LogP contribution in [0.3, 0.4) is 0 Å². The van der Waals surface area contributed by atoms with E-state index in [1.54, 1.807) is 0 Å². The maximum absolute atomic E-state index is 14.8. The Morgan fingerprint density at radius 2 is 1.01 bits per heavy atom. The van der Waals surface area contributed by atoms with Crippen molar-refractivity contribution >= 4 is 5.78 Å². The molecule has 0 bridgehead atoms. The van der Waals surface area contributed by atoms with Gasteiger partial charge in [0.05, 0.1) is 57.5 Å². The summed E-state index contributed by atoms with van der Waals surface area (Å²) in [6, 6.07) is 0. The highest BCUT2D eigenvalue weighted by atomic mass is 16.8. The Bertz CT molecular complexity index is 2520. The van der Waals surface area contributed by atoms with Crippen molar-refractivity contribution in [2.24, 2.45) is 52.3 Å². The summed E-state index contributed by atoms with van der Waals surface area (Å²) in [7, 11) is 0. The van der Waals surface area contributed by atoms with E-state index in [-0.39, 0.29) is 41.1 Å². The molecular weight excluding hydrogens is 1240 g/mol.